The van der Waals surface area contributed by atoms with E-state index in [2.05, 4.69) is 84.8 Å². The Morgan fingerprint density at radius 2 is 1.29 bits per heavy atom. The maximum atomic E-state index is 9.91. The summed E-state index contributed by atoms with van der Waals surface area (Å²) in [4.78, 5) is 5.21. The molecule has 0 unspecified atom stereocenters. The van der Waals surface area contributed by atoms with Crippen LogP contribution < -0.4 is 4.74 Å². The van der Waals surface area contributed by atoms with E-state index < -0.39 is 7.92 Å². The summed E-state index contributed by atoms with van der Waals surface area (Å²) >= 11 is 0. The Kier molecular flexibility index (Phi) is 13.8. The second-order valence-corrected chi connectivity index (χ2v) is 20.1. The van der Waals surface area contributed by atoms with E-state index in [1.165, 1.54) is 101 Å². The zero-order valence-corrected chi connectivity index (χ0v) is 36.3. The number of hydrogen-bond donors (Lipinski definition) is 1. The number of phenols is 1. The molecule has 269 valence electrons. The number of likely N-dealkylation sites (tertiary alicyclic amines) is 2. The van der Waals surface area contributed by atoms with Gasteiger partial charge in [0.05, 0.1) is 7.11 Å². The van der Waals surface area contributed by atoms with Crippen molar-refractivity contribution in [1.29, 1.82) is 0 Å². The van der Waals surface area contributed by atoms with Crippen molar-refractivity contribution >= 4 is 15.8 Å². The molecule has 2 aromatic carbocycles. The first-order chi connectivity index (χ1) is 24.1. The number of phenolic OH excluding ortho intramolecular Hbond substituents is 1. The SMILES string of the molecule is C#C[C-](P(C)C)P(C#C)C#C.CN1CC[C@@]23CCCC[C@@H]2[C@@H]1Cc1ccc(O)cc13.COc1ccc2c(c1)[C@]13CCCC[C@@H]1[C@H](C2)N(C)CC3.[Y]. The molecule has 4 nitrogen and oxygen atoms in total. The van der Waals surface area contributed by atoms with E-state index in [1.807, 2.05) is 6.07 Å². The van der Waals surface area contributed by atoms with Gasteiger partial charge in [-0.15, -0.1) is 12.8 Å². The number of hydrogen-bond acceptors (Lipinski definition) is 4. The van der Waals surface area contributed by atoms with Crippen LogP contribution in [0.3, 0.4) is 0 Å². The van der Waals surface area contributed by atoms with E-state index in [0.29, 0.717) is 16.6 Å². The predicted molar refractivity (Wildman–Crippen MR) is 213 cm³/mol. The number of methoxy groups -OCH3 is 1. The summed E-state index contributed by atoms with van der Waals surface area (Å²) in [5.74, 6) is 5.77. The zero-order valence-electron chi connectivity index (χ0n) is 31.6. The molecule has 0 aromatic heterocycles. The summed E-state index contributed by atoms with van der Waals surface area (Å²) in [6.07, 6.45) is 31.9. The Bertz CT molecular complexity index is 1650. The van der Waals surface area contributed by atoms with Gasteiger partial charge in [0, 0.05) is 63.5 Å². The van der Waals surface area contributed by atoms with E-state index in [1.54, 1.807) is 18.2 Å². The molecule has 4 bridgehead atoms. The van der Waals surface area contributed by atoms with Gasteiger partial charge in [0.1, 0.15) is 11.5 Å². The molecule has 2 saturated carbocycles. The molecular weight excluding hydrogens is 739 g/mol. The molecule has 7 heteroatoms. The van der Waals surface area contributed by atoms with Crippen molar-refractivity contribution in [2.45, 2.75) is 100.0 Å². The van der Waals surface area contributed by atoms with Crippen LogP contribution in [0, 0.1) is 53.7 Å². The van der Waals surface area contributed by atoms with Crippen LogP contribution in [-0.2, 0) is 56.4 Å². The first kappa shape index (κ1) is 40.7. The number of fused-ring (bicyclic) bond motifs is 2. The molecule has 51 heavy (non-hydrogen) atoms. The van der Waals surface area contributed by atoms with E-state index in [9.17, 15) is 5.11 Å². The monoisotopic (exact) mass is 796 g/mol. The van der Waals surface area contributed by atoms with Crippen molar-refractivity contribution in [3.05, 3.63) is 64.1 Å². The van der Waals surface area contributed by atoms with Crippen LogP contribution in [0.2, 0.25) is 0 Å². The molecule has 6 atom stereocenters. The number of piperidine rings is 2. The first-order valence-electron chi connectivity index (χ1n) is 18.8. The number of likely N-dealkylation sites (N-methyl/N-ethyl adjacent to an activating group) is 2. The smallest absolute Gasteiger partial charge is 0.119 e. The third kappa shape index (κ3) is 7.72. The van der Waals surface area contributed by atoms with Crippen molar-refractivity contribution in [2.24, 2.45) is 11.8 Å². The second kappa shape index (κ2) is 17.3. The van der Waals surface area contributed by atoms with Gasteiger partial charge in [-0.1, -0.05) is 67.9 Å². The minimum Gasteiger partial charge on any atom is -0.508 e. The predicted octanol–water partition coefficient (Wildman–Crippen LogP) is 8.98. The minimum absolute atomic E-state index is 0. The minimum atomic E-state index is -0.894. The largest absolute Gasteiger partial charge is 0.508 e. The Balaban J connectivity index is 0.000000154. The molecule has 4 aliphatic carbocycles. The molecule has 0 spiro atoms. The van der Waals surface area contributed by atoms with Crippen molar-refractivity contribution < 1.29 is 42.6 Å². The summed E-state index contributed by atoms with van der Waals surface area (Å²) < 4.78 is 5.51. The molecule has 2 saturated heterocycles. The topological polar surface area (TPSA) is 35.9 Å². The zero-order chi connectivity index (χ0) is 35.6. The Morgan fingerprint density at radius 1 is 0.784 bits per heavy atom. The fourth-order valence-electron chi connectivity index (χ4n) is 11.0. The number of rotatable bonds is 3. The fraction of sp³-hybridized carbons (Fsp3) is 0.568. The molecule has 2 aliphatic heterocycles. The number of aromatic hydroxyl groups is 1. The molecule has 2 aromatic rings. The Hall–Kier alpha value is -1.53. The van der Waals surface area contributed by atoms with Gasteiger partial charge in [-0.05, 0) is 137 Å². The van der Waals surface area contributed by atoms with Gasteiger partial charge >= 0.3 is 0 Å². The third-order valence-electron chi connectivity index (χ3n) is 13.4. The Labute approximate surface area is 337 Å². The number of ether oxygens (including phenoxy) is 1. The number of nitrogens with zero attached hydrogens (tertiary/aromatic N) is 2. The average molecular weight is 797 g/mol. The van der Waals surface area contributed by atoms with Crippen LogP contribution in [0.5, 0.6) is 11.5 Å². The van der Waals surface area contributed by atoms with Crippen molar-refractivity contribution in [3.8, 4) is 48.0 Å². The quantitative estimate of drug-likeness (QED) is 0.191. The van der Waals surface area contributed by atoms with Gasteiger partial charge < -0.3 is 26.1 Å². The van der Waals surface area contributed by atoms with E-state index in [0.717, 1.165) is 35.1 Å². The van der Waals surface area contributed by atoms with Crippen LogP contribution >= 0.6 is 15.8 Å². The van der Waals surface area contributed by atoms with Gasteiger partial charge in [-0.3, -0.25) is 5.92 Å². The van der Waals surface area contributed by atoms with Crippen LogP contribution in [0.4, 0.5) is 0 Å². The van der Waals surface area contributed by atoms with Crippen molar-refractivity contribution in [3.63, 3.8) is 0 Å². The van der Waals surface area contributed by atoms with Crippen LogP contribution in [0.1, 0.15) is 86.5 Å². The van der Waals surface area contributed by atoms with Crippen LogP contribution in [0.15, 0.2) is 36.4 Å². The van der Waals surface area contributed by atoms with E-state index in [4.69, 9.17) is 24.0 Å². The summed E-state index contributed by atoms with van der Waals surface area (Å²) in [5.41, 5.74) is 12.1. The fourth-order valence-corrected chi connectivity index (χ4v) is 13.7. The molecule has 0 amide bonds. The summed E-state index contributed by atoms with van der Waals surface area (Å²) in [6, 6.07) is 14.4. The van der Waals surface area contributed by atoms with E-state index >= 15 is 0 Å². The van der Waals surface area contributed by atoms with Gasteiger partial charge in [-0.25, -0.2) is 0 Å². The molecule has 4 fully saturated rings. The number of benzene rings is 2. The van der Waals surface area contributed by atoms with Crippen molar-refractivity contribution in [1.82, 2.24) is 9.80 Å². The normalized spacial score (nSPS) is 30.0. The van der Waals surface area contributed by atoms with Gasteiger partial charge in [-0.2, -0.15) is 7.92 Å². The van der Waals surface area contributed by atoms with Crippen LogP contribution in [-0.4, -0.2) is 74.6 Å². The van der Waals surface area contributed by atoms with E-state index in [-0.39, 0.29) is 40.6 Å². The molecular formula is C44H57N2O2P2Y-. The third-order valence-corrected chi connectivity index (χ3v) is 17.3. The first-order valence-corrected chi connectivity index (χ1v) is 22.3. The van der Waals surface area contributed by atoms with Crippen LogP contribution in [0.25, 0.3) is 0 Å². The Morgan fingerprint density at radius 3 is 1.75 bits per heavy atom. The molecule has 1 N–H and O–H groups in total. The average Bonchev–Trinajstić information content (AvgIpc) is 3.14. The van der Waals surface area contributed by atoms with Crippen molar-refractivity contribution in [2.75, 3.05) is 47.6 Å². The second-order valence-electron chi connectivity index (χ2n) is 15.8. The van der Waals surface area contributed by atoms with Gasteiger partial charge in [0.25, 0.3) is 0 Å². The van der Waals surface area contributed by atoms with Gasteiger partial charge in [0.15, 0.2) is 0 Å². The van der Waals surface area contributed by atoms with Gasteiger partial charge in [0.2, 0.25) is 0 Å². The molecule has 8 rings (SSSR count). The number of terminal acetylenes is 3. The molecule has 6 aliphatic rings. The molecule has 1 radical (unpaired) electrons. The summed E-state index contributed by atoms with van der Waals surface area (Å²) in [5, 5.41) is 10.9. The summed E-state index contributed by atoms with van der Waals surface area (Å²) in [6.45, 7) is 6.61. The standard InChI is InChI=1S/C18H25NO.C17H23NO.C9H9P2.Y/c1-19-10-9-18-8-4-3-5-15(18)17(19)11-13-6-7-14(20-2)12-16(13)18;1-18-9-8-17-7-3-2-4-14(17)16(18)10-12-5-6-13(19)11-15(12)17;1-6-9(10(4)5)11(7-2)8-3;/h6-7,12,15,17H,3-5,8-11H2,1-2H3;5-6,11,14,16,19H,2-4,7-10H2,1H3;1-3H,4-5H3;/q;;-1;/t15-,17+,18+;14-,16+,17+;;/m11../s1. The summed E-state index contributed by atoms with van der Waals surface area (Å²) in [7, 11) is 5.24. The maximum absolute atomic E-state index is 9.91. The molecule has 2 heterocycles. The maximum Gasteiger partial charge on any atom is 0.119 e.